The Bertz CT molecular complexity index is 1490. The third-order valence-corrected chi connectivity index (χ3v) is 5.52. The molecule has 4 rings (SSSR count). The van der Waals surface area contributed by atoms with Crippen molar-refractivity contribution in [1.82, 2.24) is 10.1 Å². The number of furan rings is 1. The van der Waals surface area contributed by atoms with Crippen LogP contribution in [0.25, 0.3) is 22.4 Å². The first-order valence-corrected chi connectivity index (χ1v) is 11.8. The highest BCUT2D eigenvalue weighted by Gasteiger charge is 2.21. The molecule has 0 aliphatic carbocycles. The van der Waals surface area contributed by atoms with E-state index in [0.29, 0.717) is 33.8 Å². The lowest BCUT2D eigenvalue weighted by Crippen LogP contribution is -2.14. The number of methoxy groups -OCH3 is 1. The van der Waals surface area contributed by atoms with E-state index in [9.17, 15) is 13.2 Å². The molecule has 0 unspecified atom stereocenters. The van der Waals surface area contributed by atoms with Crippen molar-refractivity contribution in [3.63, 3.8) is 0 Å². The zero-order valence-corrected chi connectivity index (χ0v) is 19.5. The summed E-state index contributed by atoms with van der Waals surface area (Å²) in [6.07, 6.45) is 1.04. The maximum absolute atomic E-state index is 13.3. The summed E-state index contributed by atoms with van der Waals surface area (Å²) in [6, 6.07) is 8.10. The van der Waals surface area contributed by atoms with E-state index in [1.54, 1.807) is 19.1 Å². The van der Waals surface area contributed by atoms with Crippen LogP contribution in [0.15, 0.2) is 39.3 Å². The normalized spacial score (nSPS) is 11.5. The Hall–Kier alpha value is -3.86. The van der Waals surface area contributed by atoms with Crippen LogP contribution in [0.2, 0.25) is 0 Å². The Morgan fingerprint density at radius 3 is 2.52 bits per heavy atom. The summed E-state index contributed by atoms with van der Waals surface area (Å²) in [5, 5.41) is 7.27. The molecule has 172 valence electrons. The standard InChI is InChI=1S/C22H22N4O6S/c1-11-8-15(13(3)31-11)18-10-16(20-12(2)25-32-22(20)24-18)21(27)23-14-6-7-17(19(9-14)30-4)26-33(5,28)29/h6-10,26H,1-5H3,(H,23,27). The van der Waals surface area contributed by atoms with Gasteiger partial charge in [-0.25, -0.2) is 13.4 Å². The zero-order valence-electron chi connectivity index (χ0n) is 18.6. The molecule has 2 N–H and O–H groups in total. The molecule has 0 aliphatic rings. The predicted molar refractivity (Wildman–Crippen MR) is 123 cm³/mol. The van der Waals surface area contributed by atoms with Crippen molar-refractivity contribution in [2.75, 3.05) is 23.4 Å². The summed E-state index contributed by atoms with van der Waals surface area (Å²) in [5.41, 5.74) is 3.01. The number of hydrogen-bond donors (Lipinski definition) is 2. The first kappa shape index (κ1) is 22.3. The summed E-state index contributed by atoms with van der Waals surface area (Å²) >= 11 is 0. The number of pyridine rings is 1. The number of sulfonamides is 1. The molecular weight excluding hydrogens is 448 g/mol. The number of aryl methyl sites for hydroxylation is 3. The van der Waals surface area contributed by atoms with Gasteiger partial charge in [0.1, 0.15) is 17.3 Å². The van der Waals surface area contributed by atoms with Gasteiger partial charge in [-0.05, 0) is 45.0 Å². The summed E-state index contributed by atoms with van der Waals surface area (Å²) in [6.45, 7) is 5.38. The maximum atomic E-state index is 13.3. The average Bonchev–Trinajstić information content (AvgIpc) is 3.28. The van der Waals surface area contributed by atoms with Gasteiger partial charge in [-0.15, -0.1) is 0 Å². The van der Waals surface area contributed by atoms with Crippen LogP contribution in [-0.4, -0.2) is 37.8 Å². The van der Waals surface area contributed by atoms with Crippen molar-refractivity contribution in [3.8, 4) is 17.0 Å². The van der Waals surface area contributed by atoms with E-state index >= 15 is 0 Å². The predicted octanol–water partition coefficient (Wildman–Crippen LogP) is 4.04. The maximum Gasteiger partial charge on any atom is 0.259 e. The Morgan fingerprint density at radius 2 is 1.88 bits per heavy atom. The highest BCUT2D eigenvalue weighted by molar-refractivity contribution is 7.92. The van der Waals surface area contributed by atoms with Gasteiger partial charge in [0.05, 0.1) is 41.4 Å². The van der Waals surface area contributed by atoms with Crippen molar-refractivity contribution < 1.29 is 26.9 Å². The second-order valence-corrected chi connectivity index (χ2v) is 9.32. The number of benzene rings is 1. The highest BCUT2D eigenvalue weighted by atomic mass is 32.2. The minimum absolute atomic E-state index is 0.235. The van der Waals surface area contributed by atoms with Crippen LogP contribution in [0.1, 0.15) is 27.6 Å². The van der Waals surface area contributed by atoms with Crippen molar-refractivity contribution in [3.05, 3.63) is 53.1 Å². The molecule has 10 nitrogen and oxygen atoms in total. The van der Waals surface area contributed by atoms with Gasteiger partial charge in [0, 0.05) is 17.3 Å². The number of nitrogens with zero attached hydrogens (tertiary/aromatic N) is 2. The van der Waals surface area contributed by atoms with Crippen LogP contribution in [0, 0.1) is 20.8 Å². The van der Waals surface area contributed by atoms with Crippen molar-refractivity contribution in [2.45, 2.75) is 20.8 Å². The van der Waals surface area contributed by atoms with Crippen LogP contribution in [0.5, 0.6) is 5.75 Å². The number of fused-ring (bicyclic) bond motifs is 1. The summed E-state index contributed by atoms with van der Waals surface area (Å²) in [7, 11) is -2.09. The third-order valence-electron chi connectivity index (χ3n) is 4.93. The van der Waals surface area contributed by atoms with Crippen molar-refractivity contribution >= 4 is 38.4 Å². The molecule has 0 atom stereocenters. The molecule has 0 saturated carbocycles. The number of rotatable bonds is 6. The lowest BCUT2D eigenvalue weighted by atomic mass is 10.1. The largest absolute Gasteiger partial charge is 0.494 e. The molecule has 3 heterocycles. The molecule has 3 aromatic heterocycles. The minimum atomic E-state index is -3.49. The molecule has 11 heteroatoms. The van der Waals surface area contributed by atoms with Gasteiger partial charge in [-0.1, -0.05) is 5.16 Å². The van der Waals surface area contributed by atoms with Crippen LogP contribution in [0.4, 0.5) is 11.4 Å². The lowest BCUT2D eigenvalue weighted by molar-refractivity contribution is 0.102. The van der Waals surface area contributed by atoms with E-state index in [-0.39, 0.29) is 17.2 Å². The Balaban J connectivity index is 1.74. The van der Waals surface area contributed by atoms with Crippen molar-refractivity contribution in [1.29, 1.82) is 0 Å². The lowest BCUT2D eigenvalue weighted by Gasteiger charge is -2.13. The third kappa shape index (κ3) is 4.53. The molecule has 0 radical (unpaired) electrons. The Kier molecular flexibility index (Phi) is 5.58. The topological polar surface area (TPSA) is 137 Å². The number of carbonyl (C=O) groups is 1. The summed E-state index contributed by atoms with van der Waals surface area (Å²) in [4.78, 5) is 17.8. The average molecular weight is 471 g/mol. The first-order chi connectivity index (χ1) is 15.6. The Morgan fingerprint density at radius 1 is 1.12 bits per heavy atom. The van der Waals surface area contributed by atoms with Gasteiger partial charge >= 0.3 is 0 Å². The van der Waals surface area contributed by atoms with Crippen LogP contribution in [0.3, 0.4) is 0 Å². The van der Waals surface area contributed by atoms with E-state index in [1.165, 1.54) is 19.2 Å². The van der Waals surface area contributed by atoms with E-state index in [2.05, 4.69) is 20.2 Å². The van der Waals surface area contributed by atoms with Crippen LogP contribution >= 0.6 is 0 Å². The molecule has 1 aromatic carbocycles. The zero-order chi connectivity index (χ0) is 23.9. The highest BCUT2D eigenvalue weighted by Crippen LogP contribution is 2.32. The van der Waals surface area contributed by atoms with E-state index in [4.69, 9.17) is 13.7 Å². The number of hydrogen-bond acceptors (Lipinski definition) is 8. The fourth-order valence-electron chi connectivity index (χ4n) is 3.55. The van der Waals surface area contributed by atoms with E-state index in [0.717, 1.165) is 17.6 Å². The second-order valence-electron chi connectivity index (χ2n) is 7.57. The van der Waals surface area contributed by atoms with Crippen LogP contribution < -0.4 is 14.8 Å². The Labute approximate surface area is 190 Å². The first-order valence-electron chi connectivity index (χ1n) is 9.87. The number of nitrogens with one attached hydrogen (secondary N) is 2. The molecule has 0 bridgehead atoms. The molecule has 0 fully saturated rings. The van der Waals surface area contributed by atoms with E-state index < -0.39 is 15.9 Å². The fraction of sp³-hybridized carbons (Fsp3) is 0.227. The minimum Gasteiger partial charge on any atom is -0.494 e. The second kappa shape index (κ2) is 8.24. The molecule has 4 aromatic rings. The number of ether oxygens (including phenoxy) is 1. The monoisotopic (exact) mass is 470 g/mol. The number of anilines is 2. The van der Waals surface area contributed by atoms with Crippen molar-refractivity contribution in [2.24, 2.45) is 0 Å². The number of carbonyl (C=O) groups excluding carboxylic acids is 1. The van der Waals surface area contributed by atoms with E-state index in [1.807, 2.05) is 19.9 Å². The molecular formula is C22H22N4O6S. The SMILES string of the molecule is COc1cc(NC(=O)c2cc(-c3cc(C)oc3C)nc3onc(C)c23)ccc1NS(C)(=O)=O. The molecule has 0 saturated heterocycles. The quantitative estimate of drug-likeness (QED) is 0.431. The molecule has 33 heavy (non-hydrogen) atoms. The van der Waals surface area contributed by atoms with Gasteiger partial charge in [-0.2, -0.15) is 0 Å². The number of aromatic nitrogens is 2. The van der Waals surface area contributed by atoms with Gasteiger partial charge in [0.15, 0.2) is 0 Å². The molecule has 0 aliphatic heterocycles. The molecule has 1 amide bonds. The van der Waals surface area contributed by atoms with Gasteiger partial charge in [0.2, 0.25) is 10.0 Å². The summed E-state index contributed by atoms with van der Waals surface area (Å²) < 4.78 is 41.7. The number of amides is 1. The summed E-state index contributed by atoms with van der Waals surface area (Å²) in [5.74, 6) is 1.22. The van der Waals surface area contributed by atoms with Gasteiger partial charge in [-0.3, -0.25) is 9.52 Å². The van der Waals surface area contributed by atoms with Gasteiger partial charge in [0.25, 0.3) is 11.6 Å². The van der Waals surface area contributed by atoms with Crippen LogP contribution in [-0.2, 0) is 10.0 Å². The molecule has 0 spiro atoms. The fourth-order valence-corrected chi connectivity index (χ4v) is 4.12. The smallest absolute Gasteiger partial charge is 0.259 e. The van der Waals surface area contributed by atoms with Gasteiger partial charge < -0.3 is 19.0 Å².